The summed E-state index contributed by atoms with van der Waals surface area (Å²) in [7, 11) is 0. The summed E-state index contributed by atoms with van der Waals surface area (Å²) in [5.41, 5.74) is 1.96. The maximum absolute atomic E-state index is 13.8. The second-order valence-electron chi connectivity index (χ2n) is 6.89. The van der Waals surface area contributed by atoms with Gasteiger partial charge in [0.05, 0.1) is 11.4 Å². The lowest BCUT2D eigenvalue weighted by molar-refractivity contribution is -0.113. The number of allylic oxidation sites excluding steroid dienone is 1. The van der Waals surface area contributed by atoms with Gasteiger partial charge in [-0.3, -0.25) is 9.36 Å². The van der Waals surface area contributed by atoms with Gasteiger partial charge in [-0.1, -0.05) is 17.8 Å². The Morgan fingerprint density at radius 2 is 1.88 bits per heavy atom. The van der Waals surface area contributed by atoms with Crippen LogP contribution in [0.4, 0.5) is 20.2 Å². The van der Waals surface area contributed by atoms with Gasteiger partial charge in [0.15, 0.2) is 11.0 Å². The number of nitrogens with one attached hydrogen (secondary N) is 1. The van der Waals surface area contributed by atoms with Crippen molar-refractivity contribution in [2.75, 3.05) is 29.1 Å². The van der Waals surface area contributed by atoms with E-state index in [4.69, 9.17) is 0 Å². The summed E-state index contributed by atoms with van der Waals surface area (Å²) in [6.07, 6.45) is 1.73. The second kappa shape index (κ2) is 10.9. The molecule has 6 nitrogen and oxygen atoms in total. The van der Waals surface area contributed by atoms with Gasteiger partial charge in [-0.25, -0.2) is 8.78 Å². The SMILES string of the molecule is C=CCn1c(SCC(=O)Nc2ccc(F)cc2F)nnc1-c1ccc(N(CC)CC)cc1. The van der Waals surface area contributed by atoms with Gasteiger partial charge in [-0.05, 0) is 50.2 Å². The number of aromatic nitrogens is 3. The predicted octanol–water partition coefficient (Wildman–Crippen LogP) is 4.99. The summed E-state index contributed by atoms with van der Waals surface area (Å²) in [6.45, 7) is 10.3. The van der Waals surface area contributed by atoms with E-state index in [0.717, 1.165) is 36.5 Å². The fraction of sp³-hybridized carbons (Fsp3) is 0.261. The molecule has 0 saturated carbocycles. The minimum absolute atomic E-state index is 0.00695. The van der Waals surface area contributed by atoms with E-state index in [9.17, 15) is 13.6 Å². The molecule has 0 atom stereocenters. The summed E-state index contributed by atoms with van der Waals surface area (Å²) in [4.78, 5) is 14.5. The highest BCUT2D eigenvalue weighted by Gasteiger charge is 2.16. The molecule has 0 fully saturated rings. The average Bonchev–Trinajstić information content (AvgIpc) is 3.18. The summed E-state index contributed by atoms with van der Waals surface area (Å²) >= 11 is 1.18. The molecule has 0 aliphatic rings. The molecule has 0 aliphatic heterocycles. The fourth-order valence-corrected chi connectivity index (χ4v) is 3.97. The quantitative estimate of drug-likeness (QED) is 0.343. The van der Waals surface area contributed by atoms with Crippen molar-refractivity contribution >= 4 is 29.0 Å². The largest absolute Gasteiger partial charge is 0.372 e. The molecule has 1 amide bonds. The molecule has 0 bridgehead atoms. The van der Waals surface area contributed by atoms with Crippen LogP contribution < -0.4 is 10.2 Å². The van der Waals surface area contributed by atoms with E-state index in [2.05, 4.69) is 40.8 Å². The highest BCUT2D eigenvalue weighted by molar-refractivity contribution is 7.99. The summed E-state index contributed by atoms with van der Waals surface area (Å²) in [5.74, 6) is -1.30. The zero-order valence-electron chi connectivity index (χ0n) is 18.0. The molecule has 1 aromatic heterocycles. The smallest absolute Gasteiger partial charge is 0.234 e. The average molecular weight is 458 g/mol. The Bertz CT molecular complexity index is 1080. The van der Waals surface area contributed by atoms with Crippen LogP contribution in [0.2, 0.25) is 0 Å². The Hall–Kier alpha value is -3.20. The summed E-state index contributed by atoms with van der Waals surface area (Å²) in [6, 6.07) is 11.1. The first-order chi connectivity index (χ1) is 15.5. The van der Waals surface area contributed by atoms with E-state index in [1.807, 2.05) is 28.8 Å². The lowest BCUT2D eigenvalue weighted by Crippen LogP contribution is -2.21. The molecule has 0 radical (unpaired) electrons. The van der Waals surface area contributed by atoms with Gasteiger partial charge in [0.2, 0.25) is 5.91 Å². The number of anilines is 2. The highest BCUT2D eigenvalue weighted by Crippen LogP contribution is 2.26. The van der Waals surface area contributed by atoms with Crippen molar-refractivity contribution in [3.63, 3.8) is 0 Å². The lowest BCUT2D eigenvalue weighted by Gasteiger charge is -2.21. The highest BCUT2D eigenvalue weighted by atomic mass is 32.2. The Labute approximate surface area is 190 Å². The van der Waals surface area contributed by atoms with E-state index in [-0.39, 0.29) is 11.4 Å². The third kappa shape index (κ3) is 5.53. The minimum Gasteiger partial charge on any atom is -0.372 e. The minimum atomic E-state index is -0.825. The van der Waals surface area contributed by atoms with Crippen molar-refractivity contribution in [1.82, 2.24) is 14.8 Å². The van der Waals surface area contributed by atoms with Crippen LogP contribution in [0.1, 0.15) is 13.8 Å². The number of hydrogen-bond acceptors (Lipinski definition) is 5. The zero-order valence-corrected chi connectivity index (χ0v) is 18.8. The number of carbonyl (C=O) groups is 1. The van der Waals surface area contributed by atoms with E-state index >= 15 is 0 Å². The lowest BCUT2D eigenvalue weighted by atomic mass is 10.2. The fourth-order valence-electron chi connectivity index (χ4n) is 3.22. The maximum atomic E-state index is 13.8. The van der Waals surface area contributed by atoms with Gasteiger partial charge in [-0.15, -0.1) is 16.8 Å². The van der Waals surface area contributed by atoms with E-state index < -0.39 is 17.5 Å². The zero-order chi connectivity index (χ0) is 23.1. The van der Waals surface area contributed by atoms with E-state index in [1.165, 1.54) is 17.8 Å². The van der Waals surface area contributed by atoms with Crippen LogP contribution in [-0.4, -0.2) is 39.5 Å². The van der Waals surface area contributed by atoms with Gasteiger partial charge in [0.25, 0.3) is 0 Å². The number of rotatable bonds is 10. The molecule has 9 heteroatoms. The third-order valence-corrected chi connectivity index (χ3v) is 5.79. The van der Waals surface area contributed by atoms with Crippen LogP contribution in [0.3, 0.4) is 0 Å². The third-order valence-electron chi connectivity index (χ3n) is 4.82. The molecule has 2 aromatic carbocycles. The van der Waals surface area contributed by atoms with Gasteiger partial charge in [-0.2, -0.15) is 0 Å². The van der Waals surface area contributed by atoms with Crippen LogP contribution in [-0.2, 0) is 11.3 Å². The van der Waals surface area contributed by atoms with Crippen LogP contribution >= 0.6 is 11.8 Å². The van der Waals surface area contributed by atoms with E-state index in [1.54, 1.807) is 6.08 Å². The molecule has 168 valence electrons. The summed E-state index contributed by atoms with van der Waals surface area (Å²) < 4.78 is 28.6. The van der Waals surface area contributed by atoms with Crippen LogP contribution in [0.25, 0.3) is 11.4 Å². The second-order valence-corrected chi connectivity index (χ2v) is 7.83. The first-order valence-electron chi connectivity index (χ1n) is 10.2. The van der Waals surface area contributed by atoms with Crippen molar-refractivity contribution in [2.45, 2.75) is 25.5 Å². The van der Waals surface area contributed by atoms with Gasteiger partial charge in [0.1, 0.15) is 11.6 Å². The first kappa shape index (κ1) is 23.5. The van der Waals surface area contributed by atoms with Crippen molar-refractivity contribution in [2.24, 2.45) is 0 Å². The molecule has 1 heterocycles. The Morgan fingerprint density at radius 3 is 2.50 bits per heavy atom. The molecule has 0 aliphatic carbocycles. The molecule has 3 rings (SSSR count). The molecule has 32 heavy (non-hydrogen) atoms. The molecular formula is C23H25F2N5OS. The number of amides is 1. The number of benzene rings is 2. The topological polar surface area (TPSA) is 63.1 Å². The molecule has 0 saturated heterocycles. The van der Waals surface area contributed by atoms with Crippen molar-refractivity contribution in [3.05, 3.63) is 66.8 Å². The van der Waals surface area contributed by atoms with Crippen molar-refractivity contribution < 1.29 is 13.6 Å². The standard InChI is InChI=1S/C23H25F2N5OS/c1-4-13-30-22(16-7-10-18(11-8-16)29(5-2)6-3)27-28-23(30)32-15-21(31)26-20-12-9-17(24)14-19(20)25/h4,7-12,14H,1,5-6,13,15H2,2-3H3,(H,26,31). The summed E-state index contributed by atoms with van der Waals surface area (Å²) in [5, 5.41) is 11.5. The number of carbonyl (C=O) groups excluding carboxylic acids is 1. The van der Waals surface area contributed by atoms with Gasteiger partial charge >= 0.3 is 0 Å². The Balaban J connectivity index is 1.73. The van der Waals surface area contributed by atoms with Gasteiger partial charge in [0, 0.05) is 37.0 Å². The molecule has 3 aromatic rings. The Morgan fingerprint density at radius 1 is 1.16 bits per heavy atom. The van der Waals surface area contributed by atoms with E-state index in [0.29, 0.717) is 17.5 Å². The normalized spacial score (nSPS) is 10.8. The number of hydrogen-bond donors (Lipinski definition) is 1. The molecule has 0 unspecified atom stereocenters. The molecular weight excluding hydrogens is 432 g/mol. The number of halogens is 2. The van der Waals surface area contributed by atoms with Crippen molar-refractivity contribution in [1.29, 1.82) is 0 Å². The van der Waals surface area contributed by atoms with Gasteiger partial charge < -0.3 is 10.2 Å². The van der Waals surface area contributed by atoms with Crippen LogP contribution in [0, 0.1) is 11.6 Å². The first-order valence-corrected chi connectivity index (χ1v) is 11.2. The molecule has 0 spiro atoms. The number of thioether (sulfide) groups is 1. The van der Waals surface area contributed by atoms with Crippen molar-refractivity contribution in [3.8, 4) is 11.4 Å². The van der Waals surface area contributed by atoms with Crippen LogP contribution in [0.5, 0.6) is 0 Å². The number of nitrogens with zero attached hydrogens (tertiary/aromatic N) is 4. The monoisotopic (exact) mass is 457 g/mol. The van der Waals surface area contributed by atoms with Crippen LogP contribution in [0.15, 0.2) is 60.3 Å². The molecule has 1 N–H and O–H groups in total. The Kier molecular flexibility index (Phi) is 7.99. The predicted molar refractivity (Wildman–Crippen MR) is 125 cm³/mol. The maximum Gasteiger partial charge on any atom is 0.234 e.